The number of esters is 1. The van der Waals surface area contributed by atoms with Crippen LogP contribution in [0.4, 0.5) is 0 Å². The molecule has 0 fully saturated rings. The molecule has 2 N–H and O–H groups in total. The third kappa shape index (κ3) is 9.45. The molecule has 0 aromatic heterocycles. The minimum Gasteiger partial charge on any atom is -0.466 e. The summed E-state index contributed by atoms with van der Waals surface area (Å²) in [6.07, 6.45) is 2.59. The Hall–Kier alpha value is -1.10. The van der Waals surface area contributed by atoms with Crippen molar-refractivity contribution in [2.24, 2.45) is 0 Å². The average molecular weight is 230 g/mol. The molecule has 1 amide bonds. The zero-order valence-electron chi connectivity index (χ0n) is 10.2. The molecule has 0 atom stereocenters. The first kappa shape index (κ1) is 14.9. The van der Waals surface area contributed by atoms with Gasteiger partial charge in [-0.1, -0.05) is 0 Å². The van der Waals surface area contributed by atoms with Gasteiger partial charge >= 0.3 is 5.97 Å². The van der Waals surface area contributed by atoms with Crippen LogP contribution < -0.4 is 10.6 Å². The Balaban J connectivity index is 3.15. The van der Waals surface area contributed by atoms with Crippen molar-refractivity contribution in [1.82, 2.24) is 10.6 Å². The van der Waals surface area contributed by atoms with Crippen molar-refractivity contribution in [2.75, 3.05) is 26.7 Å². The molecule has 94 valence electrons. The highest BCUT2D eigenvalue weighted by Gasteiger charge is 2.00. The van der Waals surface area contributed by atoms with Gasteiger partial charge in [0, 0.05) is 19.9 Å². The minimum atomic E-state index is -0.144. The molecule has 0 rings (SSSR count). The predicted molar refractivity (Wildman–Crippen MR) is 62.0 cm³/mol. The summed E-state index contributed by atoms with van der Waals surface area (Å²) in [4.78, 5) is 21.8. The second-order valence-corrected chi connectivity index (χ2v) is 3.44. The molecule has 0 bridgehead atoms. The summed E-state index contributed by atoms with van der Waals surface area (Å²) in [5.41, 5.74) is 0. The lowest BCUT2D eigenvalue weighted by Gasteiger charge is -2.04. The monoisotopic (exact) mass is 230 g/mol. The van der Waals surface area contributed by atoms with Crippen LogP contribution in [0.2, 0.25) is 0 Å². The van der Waals surface area contributed by atoms with Gasteiger partial charge < -0.3 is 15.4 Å². The summed E-state index contributed by atoms with van der Waals surface area (Å²) in [7, 11) is 1.63. The first-order valence-electron chi connectivity index (χ1n) is 5.77. The topological polar surface area (TPSA) is 67.4 Å². The Morgan fingerprint density at radius 3 is 2.31 bits per heavy atom. The van der Waals surface area contributed by atoms with Gasteiger partial charge in [-0.05, 0) is 32.9 Å². The summed E-state index contributed by atoms with van der Waals surface area (Å²) in [6, 6.07) is 0. The molecule has 0 aliphatic heterocycles. The molecule has 0 aromatic carbocycles. The Kier molecular flexibility index (Phi) is 9.70. The van der Waals surface area contributed by atoms with E-state index in [9.17, 15) is 9.59 Å². The summed E-state index contributed by atoms with van der Waals surface area (Å²) in [5, 5.41) is 5.74. The van der Waals surface area contributed by atoms with Gasteiger partial charge in [0.1, 0.15) is 0 Å². The van der Waals surface area contributed by atoms with Crippen molar-refractivity contribution in [3.63, 3.8) is 0 Å². The fraction of sp³-hybridized carbons (Fsp3) is 0.818. The van der Waals surface area contributed by atoms with Crippen LogP contribution in [0.5, 0.6) is 0 Å². The number of ether oxygens (including phenoxy) is 1. The SMILES string of the molecule is CCOC(=O)CCCNCCCC(=O)NC. The van der Waals surface area contributed by atoms with Gasteiger partial charge in [-0.2, -0.15) is 0 Å². The van der Waals surface area contributed by atoms with Crippen LogP contribution in [0.25, 0.3) is 0 Å². The highest BCUT2D eigenvalue weighted by molar-refractivity contribution is 5.75. The molecule has 0 radical (unpaired) electrons. The molecule has 0 spiro atoms. The van der Waals surface area contributed by atoms with E-state index in [1.807, 2.05) is 0 Å². The summed E-state index contributed by atoms with van der Waals surface area (Å²) >= 11 is 0. The second kappa shape index (κ2) is 10.4. The molecule has 16 heavy (non-hydrogen) atoms. The maximum atomic E-state index is 11.0. The van der Waals surface area contributed by atoms with Crippen LogP contribution in [0, 0.1) is 0 Å². The quantitative estimate of drug-likeness (QED) is 0.445. The maximum Gasteiger partial charge on any atom is 0.305 e. The highest BCUT2D eigenvalue weighted by Crippen LogP contribution is 1.92. The van der Waals surface area contributed by atoms with Gasteiger partial charge in [0.2, 0.25) is 5.91 Å². The van der Waals surface area contributed by atoms with Crippen molar-refractivity contribution < 1.29 is 14.3 Å². The number of amides is 1. The van der Waals surface area contributed by atoms with E-state index in [0.29, 0.717) is 19.4 Å². The molecule has 5 heteroatoms. The second-order valence-electron chi connectivity index (χ2n) is 3.44. The van der Waals surface area contributed by atoms with E-state index >= 15 is 0 Å². The summed E-state index contributed by atoms with van der Waals surface area (Å²) < 4.78 is 4.80. The predicted octanol–water partition coefficient (Wildman–Crippen LogP) is 0.446. The summed E-state index contributed by atoms with van der Waals surface area (Å²) in [5.74, 6) is -0.0806. The minimum absolute atomic E-state index is 0.0633. The van der Waals surface area contributed by atoms with E-state index in [4.69, 9.17) is 4.74 Å². The van der Waals surface area contributed by atoms with Crippen molar-refractivity contribution in [3.8, 4) is 0 Å². The van der Waals surface area contributed by atoms with Crippen LogP contribution in [0.1, 0.15) is 32.6 Å². The number of hydrogen-bond donors (Lipinski definition) is 2. The van der Waals surface area contributed by atoms with Gasteiger partial charge in [0.25, 0.3) is 0 Å². The Morgan fingerprint density at radius 1 is 1.12 bits per heavy atom. The number of carbonyl (C=O) groups is 2. The van der Waals surface area contributed by atoms with Gasteiger partial charge in [-0.25, -0.2) is 0 Å². The number of nitrogens with one attached hydrogen (secondary N) is 2. The van der Waals surface area contributed by atoms with Crippen LogP contribution in [0.3, 0.4) is 0 Å². The van der Waals surface area contributed by atoms with E-state index in [-0.39, 0.29) is 11.9 Å². The molecule has 0 saturated carbocycles. The van der Waals surface area contributed by atoms with Crippen LogP contribution in [-0.4, -0.2) is 38.6 Å². The molecule has 0 aliphatic carbocycles. The molecular weight excluding hydrogens is 208 g/mol. The van der Waals surface area contributed by atoms with E-state index in [1.165, 1.54) is 0 Å². The fourth-order valence-corrected chi connectivity index (χ4v) is 1.21. The average Bonchev–Trinajstić information content (AvgIpc) is 2.27. The largest absolute Gasteiger partial charge is 0.466 e. The number of hydrogen-bond acceptors (Lipinski definition) is 4. The standard InChI is InChI=1S/C11H22N2O3/c1-3-16-11(15)7-5-9-13-8-4-6-10(14)12-2/h13H,3-9H2,1-2H3,(H,12,14). The highest BCUT2D eigenvalue weighted by atomic mass is 16.5. The molecule has 0 saturated heterocycles. The van der Waals surface area contributed by atoms with Gasteiger partial charge in [0.05, 0.1) is 6.61 Å². The fourth-order valence-electron chi connectivity index (χ4n) is 1.21. The van der Waals surface area contributed by atoms with Crippen molar-refractivity contribution in [2.45, 2.75) is 32.6 Å². The third-order valence-corrected chi connectivity index (χ3v) is 2.08. The van der Waals surface area contributed by atoms with E-state index < -0.39 is 0 Å². The van der Waals surface area contributed by atoms with E-state index in [0.717, 1.165) is 25.9 Å². The van der Waals surface area contributed by atoms with Crippen molar-refractivity contribution in [3.05, 3.63) is 0 Å². The third-order valence-electron chi connectivity index (χ3n) is 2.08. The molecule has 0 heterocycles. The van der Waals surface area contributed by atoms with Crippen LogP contribution >= 0.6 is 0 Å². The lowest BCUT2D eigenvalue weighted by atomic mass is 10.2. The number of rotatable bonds is 9. The Labute approximate surface area is 96.9 Å². The summed E-state index contributed by atoms with van der Waals surface area (Å²) in [6.45, 7) is 3.83. The van der Waals surface area contributed by atoms with Crippen LogP contribution in [0.15, 0.2) is 0 Å². The molecular formula is C11H22N2O3. The van der Waals surface area contributed by atoms with Crippen molar-refractivity contribution in [1.29, 1.82) is 0 Å². The molecule has 5 nitrogen and oxygen atoms in total. The van der Waals surface area contributed by atoms with Crippen LogP contribution in [-0.2, 0) is 14.3 Å². The zero-order valence-corrected chi connectivity index (χ0v) is 10.2. The molecule has 0 aliphatic rings. The van der Waals surface area contributed by atoms with Crippen molar-refractivity contribution >= 4 is 11.9 Å². The van der Waals surface area contributed by atoms with E-state index in [1.54, 1.807) is 14.0 Å². The maximum absolute atomic E-state index is 11.0. The Morgan fingerprint density at radius 2 is 1.75 bits per heavy atom. The first-order chi connectivity index (χ1) is 7.70. The molecule has 0 unspecified atom stereocenters. The zero-order chi connectivity index (χ0) is 12.2. The van der Waals surface area contributed by atoms with Gasteiger partial charge in [0.15, 0.2) is 0 Å². The lowest BCUT2D eigenvalue weighted by Crippen LogP contribution is -2.22. The number of carbonyl (C=O) groups excluding carboxylic acids is 2. The van der Waals surface area contributed by atoms with Gasteiger partial charge in [-0.15, -0.1) is 0 Å². The smallest absolute Gasteiger partial charge is 0.305 e. The lowest BCUT2D eigenvalue weighted by molar-refractivity contribution is -0.143. The molecule has 0 aromatic rings. The van der Waals surface area contributed by atoms with E-state index in [2.05, 4.69) is 10.6 Å². The normalized spacial score (nSPS) is 9.88. The van der Waals surface area contributed by atoms with Gasteiger partial charge in [-0.3, -0.25) is 9.59 Å². The Bertz CT molecular complexity index is 207. The first-order valence-corrected chi connectivity index (χ1v) is 5.77.